The van der Waals surface area contributed by atoms with Crippen LogP contribution in [0, 0.1) is 0 Å². The molecule has 0 amide bonds. The van der Waals surface area contributed by atoms with Gasteiger partial charge in [-0.1, -0.05) is 0 Å². The molecular weight excluding hydrogens is 231 g/mol. The molecule has 11 heavy (non-hydrogen) atoms. The normalized spacial score (nSPS) is 6.55. The van der Waals surface area contributed by atoms with Crippen LogP contribution in [0.1, 0.15) is 0 Å². The number of hydrogen-bond acceptors (Lipinski definition) is 6. The van der Waals surface area contributed by atoms with E-state index in [1.807, 2.05) is 0 Å². The number of rotatable bonds is 0. The van der Waals surface area contributed by atoms with E-state index < -0.39 is 17.2 Å². The van der Waals surface area contributed by atoms with Crippen LogP contribution < -0.4 is 29.4 Å². The van der Waals surface area contributed by atoms with E-state index in [2.05, 4.69) is 0 Å². The van der Waals surface area contributed by atoms with Gasteiger partial charge in [0.25, 0.3) is 0 Å². The van der Waals surface area contributed by atoms with Crippen molar-refractivity contribution in [2.75, 3.05) is 0 Å². The predicted octanol–water partition coefficient (Wildman–Crippen LogP) is -6.55. The molecule has 0 saturated heterocycles. The third-order valence-corrected chi connectivity index (χ3v) is 0. The summed E-state index contributed by atoms with van der Waals surface area (Å²) >= 11 is 0. The van der Waals surface area contributed by atoms with Crippen molar-refractivity contribution < 1.29 is 29.4 Å². The molecule has 0 aliphatic heterocycles. The SMILES string of the molecule is [Mg+2].[Mg+2].[Mg+2].[O-]P([O-])[O-].[O-]P([O-])[O-]. The van der Waals surface area contributed by atoms with Gasteiger partial charge < -0.3 is 46.6 Å². The topological polar surface area (TPSA) is 138 Å². The minimum absolute atomic E-state index is 0. The van der Waals surface area contributed by atoms with Gasteiger partial charge in [0.15, 0.2) is 0 Å². The zero-order valence-electron chi connectivity index (χ0n) is 5.47. The molecule has 0 aliphatic rings. The van der Waals surface area contributed by atoms with Crippen LogP contribution in [0.4, 0.5) is 0 Å². The Labute approximate surface area is 114 Å². The van der Waals surface area contributed by atoms with Crippen LogP contribution in [-0.4, -0.2) is 69.2 Å². The second-order valence-corrected chi connectivity index (χ2v) is 1.34. The van der Waals surface area contributed by atoms with Crippen LogP contribution in [-0.2, 0) is 0 Å². The summed E-state index contributed by atoms with van der Waals surface area (Å²) in [5.41, 5.74) is 0. The fraction of sp³-hybridized carbons (Fsp3) is 0. The fourth-order valence-corrected chi connectivity index (χ4v) is 0. The van der Waals surface area contributed by atoms with E-state index in [0.29, 0.717) is 0 Å². The van der Waals surface area contributed by atoms with Crippen molar-refractivity contribution in [1.82, 2.24) is 0 Å². The Kier molecular flexibility index (Phi) is 61.3. The largest absolute Gasteiger partial charge is 2.00 e. The third kappa shape index (κ3) is 181. The molecule has 0 rings (SSSR count). The van der Waals surface area contributed by atoms with E-state index in [0.717, 1.165) is 0 Å². The van der Waals surface area contributed by atoms with Crippen molar-refractivity contribution in [2.45, 2.75) is 0 Å². The Morgan fingerprint density at radius 3 is 0.455 bits per heavy atom. The van der Waals surface area contributed by atoms with Crippen LogP contribution in [0.5, 0.6) is 0 Å². The second-order valence-electron chi connectivity index (χ2n) is 0.447. The van der Waals surface area contributed by atoms with Crippen molar-refractivity contribution >= 4 is 86.4 Å². The van der Waals surface area contributed by atoms with Gasteiger partial charge in [-0.15, -0.1) is 0 Å². The first-order chi connectivity index (χ1) is 3.46. The zero-order valence-corrected chi connectivity index (χ0v) is 11.5. The molecule has 0 saturated carbocycles. The zero-order chi connectivity index (χ0) is 7.15. The summed E-state index contributed by atoms with van der Waals surface area (Å²) in [6.45, 7) is 0. The number of hydrogen-bond donors (Lipinski definition) is 0. The third-order valence-electron chi connectivity index (χ3n) is 0. The van der Waals surface area contributed by atoms with Crippen LogP contribution >= 0.6 is 17.2 Å². The maximum atomic E-state index is 8.48. The summed E-state index contributed by atoms with van der Waals surface area (Å²) in [5, 5.41) is 0. The van der Waals surface area contributed by atoms with Crippen LogP contribution in [0.3, 0.4) is 0 Å². The van der Waals surface area contributed by atoms with Crippen LogP contribution in [0.15, 0.2) is 0 Å². The smallest absolute Gasteiger partial charge is 0.854 e. The van der Waals surface area contributed by atoms with Crippen molar-refractivity contribution in [3.63, 3.8) is 0 Å². The van der Waals surface area contributed by atoms with E-state index in [1.165, 1.54) is 0 Å². The fourth-order valence-electron chi connectivity index (χ4n) is 0. The summed E-state index contributed by atoms with van der Waals surface area (Å²) in [4.78, 5) is 50.9. The van der Waals surface area contributed by atoms with Gasteiger partial charge in [-0.3, -0.25) is 0 Å². The van der Waals surface area contributed by atoms with Crippen molar-refractivity contribution in [1.29, 1.82) is 0 Å². The second kappa shape index (κ2) is 23.1. The average molecular weight is 231 g/mol. The first-order valence-corrected chi connectivity index (χ1v) is 3.29. The van der Waals surface area contributed by atoms with Crippen molar-refractivity contribution in [3.8, 4) is 0 Å². The monoisotopic (exact) mass is 230 g/mol. The van der Waals surface area contributed by atoms with E-state index in [-0.39, 0.29) is 69.2 Å². The molecule has 0 fully saturated rings. The van der Waals surface area contributed by atoms with Gasteiger partial charge in [-0.25, -0.2) is 0 Å². The first-order valence-electron chi connectivity index (χ1n) is 1.10. The van der Waals surface area contributed by atoms with Crippen molar-refractivity contribution in [2.24, 2.45) is 0 Å². The Hall–Kier alpha value is 2.92. The van der Waals surface area contributed by atoms with Gasteiger partial charge in [0, 0.05) is 0 Å². The minimum atomic E-state index is -3.37. The van der Waals surface area contributed by atoms with E-state index >= 15 is 0 Å². The van der Waals surface area contributed by atoms with Gasteiger partial charge in [0.2, 0.25) is 0 Å². The minimum Gasteiger partial charge on any atom is -0.854 e. The van der Waals surface area contributed by atoms with Crippen LogP contribution in [0.2, 0.25) is 0 Å². The molecule has 0 unspecified atom stereocenters. The molecule has 0 N–H and O–H groups in total. The Bertz CT molecular complexity index is 31.3. The molecule has 0 spiro atoms. The molecule has 11 heteroatoms. The molecule has 0 radical (unpaired) electrons. The van der Waals surface area contributed by atoms with Gasteiger partial charge in [0.05, 0.1) is 0 Å². The summed E-state index contributed by atoms with van der Waals surface area (Å²) < 4.78 is 0. The van der Waals surface area contributed by atoms with Gasteiger partial charge in [-0.05, 0) is 0 Å². The summed E-state index contributed by atoms with van der Waals surface area (Å²) in [5.74, 6) is 0. The molecule has 0 atom stereocenters. The molecule has 0 aromatic rings. The molecule has 0 aromatic carbocycles. The maximum absolute atomic E-state index is 8.48. The summed E-state index contributed by atoms with van der Waals surface area (Å²) in [6, 6.07) is 0. The van der Waals surface area contributed by atoms with E-state index in [4.69, 9.17) is 29.4 Å². The summed E-state index contributed by atoms with van der Waals surface area (Å²) in [6.07, 6.45) is 0. The first kappa shape index (κ1) is 29.2. The molecule has 6 nitrogen and oxygen atoms in total. The maximum Gasteiger partial charge on any atom is 2.00 e. The van der Waals surface area contributed by atoms with Gasteiger partial charge >= 0.3 is 69.2 Å². The Morgan fingerprint density at radius 2 is 0.455 bits per heavy atom. The van der Waals surface area contributed by atoms with Gasteiger partial charge in [0.1, 0.15) is 0 Å². The average Bonchev–Trinajstić information content (AvgIpc) is 1.25. The molecule has 0 heterocycles. The summed E-state index contributed by atoms with van der Waals surface area (Å²) in [7, 11) is -6.74. The predicted molar refractivity (Wildman–Crippen MR) is 31.1 cm³/mol. The molecule has 0 aliphatic carbocycles. The molecule has 0 aromatic heterocycles. The molecule has 0 bridgehead atoms. The Balaban J connectivity index is -0.0000000171. The van der Waals surface area contributed by atoms with Gasteiger partial charge in [-0.2, -0.15) is 0 Å². The van der Waals surface area contributed by atoms with Crippen LogP contribution in [0.25, 0.3) is 0 Å². The van der Waals surface area contributed by atoms with E-state index in [1.54, 1.807) is 0 Å². The van der Waals surface area contributed by atoms with E-state index in [9.17, 15) is 0 Å². The molecule has 52 valence electrons. The quantitative estimate of drug-likeness (QED) is 0.300. The molecular formula is Mg3O6P2. The van der Waals surface area contributed by atoms with Crippen molar-refractivity contribution in [3.05, 3.63) is 0 Å². The standard InChI is InChI=1S/3Mg.2O3P/c;;;2*1-4(2)3/q3*+2;2*-3. The Morgan fingerprint density at radius 1 is 0.455 bits per heavy atom.